The van der Waals surface area contributed by atoms with Crippen LogP contribution < -0.4 is 9.30 Å². The van der Waals surface area contributed by atoms with Gasteiger partial charge in [0, 0.05) is 29.1 Å². The van der Waals surface area contributed by atoms with E-state index in [0.717, 1.165) is 23.4 Å². The molecule has 120 valence electrons. The number of benzene rings is 1. The fourth-order valence-electron chi connectivity index (χ4n) is 3.07. The van der Waals surface area contributed by atoms with E-state index in [1.54, 1.807) is 7.11 Å². The van der Waals surface area contributed by atoms with Crippen LogP contribution in [0.3, 0.4) is 0 Å². The second-order valence-electron chi connectivity index (χ2n) is 6.55. The number of pyridine rings is 1. The number of rotatable bonds is 4. The van der Waals surface area contributed by atoms with E-state index in [4.69, 9.17) is 9.15 Å². The maximum atomic E-state index is 5.83. The Morgan fingerprint density at radius 3 is 2.52 bits per heavy atom. The van der Waals surface area contributed by atoms with E-state index >= 15 is 0 Å². The molecule has 0 fully saturated rings. The summed E-state index contributed by atoms with van der Waals surface area (Å²) in [5, 5.41) is 1.24. The Hall–Kier alpha value is -2.29. The van der Waals surface area contributed by atoms with Crippen molar-refractivity contribution in [2.45, 2.75) is 27.2 Å². The number of furan rings is 1. The van der Waals surface area contributed by atoms with Crippen LogP contribution in [-0.2, 0) is 13.5 Å². The molecular weight excluding hydrogens is 286 g/mol. The normalized spacial score (nSPS) is 11.4. The molecule has 3 heteroatoms. The highest BCUT2D eigenvalue weighted by Crippen LogP contribution is 2.29. The molecule has 0 unspecified atom stereocenters. The van der Waals surface area contributed by atoms with Crippen molar-refractivity contribution in [3.8, 4) is 17.4 Å². The van der Waals surface area contributed by atoms with Crippen molar-refractivity contribution in [1.82, 2.24) is 0 Å². The molecule has 0 saturated carbocycles. The molecule has 0 spiro atoms. The lowest BCUT2D eigenvalue weighted by molar-refractivity contribution is -0.634. The van der Waals surface area contributed by atoms with Gasteiger partial charge in [0.15, 0.2) is 0 Å². The standard InChI is InChI=1S/C20H24NO2/c1-13(2)10-15-6-7-16-8-9-17(21(4)18(16)12-15)20-14(3)11-19(22-5)23-20/h6-9,11-13H,10H2,1-5H3/q+1. The Morgan fingerprint density at radius 1 is 1.13 bits per heavy atom. The molecule has 3 rings (SSSR count). The molecule has 0 aliphatic rings. The van der Waals surface area contributed by atoms with Gasteiger partial charge in [-0.05, 0) is 37.0 Å². The van der Waals surface area contributed by atoms with Gasteiger partial charge in [0.1, 0.15) is 7.05 Å². The van der Waals surface area contributed by atoms with Gasteiger partial charge in [-0.15, -0.1) is 0 Å². The lowest BCUT2D eigenvalue weighted by atomic mass is 10.0. The minimum Gasteiger partial charge on any atom is -0.468 e. The van der Waals surface area contributed by atoms with Crippen LogP contribution in [-0.4, -0.2) is 7.11 Å². The quantitative estimate of drug-likeness (QED) is 0.666. The van der Waals surface area contributed by atoms with Gasteiger partial charge in [-0.25, -0.2) is 0 Å². The van der Waals surface area contributed by atoms with E-state index in [9.17, 15) is 0 Å². The molecule has 2 aromatic heterocycles. The second-order valence-corrected chi connectivity index (χ2v) is 6.55. The monoisotopic (exact) mass is 310 g/mol. The molecule has 23 heavy (non-hydrogen) atoms. The maximum Gasteiger partial charge on any atom is 0.285 e. The van der Waals surface area contributed by atoms with Gasteiger partial charge >= 0.3 is 0 Å². The first-order valence-electron chi connectivity index (χ1n) is 8.06. The summed E-state index contributed by atoms with van der Waals surface area (Å²) in [5.74, 6) is 2.06. The van der Waals surface area contributed by atoms with E-state index in [-0.39, 0.29) is 0 Å². The van der Waals surface area contributed by atoms with Crippen LogP contribution >= 0.6 is 0 Å². The number of hydrogen-bond acceptors (Lipinski definition) is 2. The molecule has 0 saturated heterocycles. The highest BCUT2D eigenvalue weighted by atomic mass is 16.6. The van der Waals surface area contributed by atoms with Crippen molar-refractivity contribution in [3.05, 3.63) is 47.5 Å². The Balaban J connectivity index is 2.14. The van der Waals surface area contributed by atoms with Gasteiger partial charge in [0.05, 0.1) is 7.11 Å². The van der Waals surface area contributed by atoms with E-state index in [1.165, 1.54) is 16.5 Å². The maximum absolute atomic E-state index is 5.83. The average Bonchev–Trinajstić information content (AvgIpc) is 2.89. The molecule has 0 atom stereocenters. The highest BCUT2D eigenvalue weighted by Gasteiger charge is 2.20. The van der Waals surface area contributed by atoms with E-state index in [0.29, 0.717) is 11.9 Å². The SMILES string of the molecule is COc1cc(C)c(-c2ccc3ccc(CC(C)C)cc3[n+]2C)o1. The van der Waals surface area contributed by atoms with Crippen LogP contribution in [0.4, 0.5) is 0 Å². The lowest BCUT2D eigenvalue weighted by Gasteiger charge is -2.07. The Kier molecular flexibility index (Phi) is 4.12. The van der Waals surface area contributed by atoms with Crippen LogP contribution in [0.15, 0.2) is 40.8 Å². The average molecular weight is 310 g/mol. The fourth-order valence-corrected chi connectivity index (χ4v) is 3.07. The molecule has 0 aliphatic heterocycles. The third kappa shape index (κ3) is 2.96. The summed E-state index contributed by atoms with van der Waals surface area (Å²) in [4.78, 5) is 0. The van der Waals surface area contributed by atoms with Gasteiger partial charge < -0.3 is 9.15 Å². The minimum atomic E-state index is 0.547. The van der Waals surface area contributed by atoms with Gasteiger partial charge in [0.25, 0.3) is 5.95 Å². The third-order valence-electron chi connectivity index (χ3n) is 4.21. The van der Waals surface area contributed by atoms with E-state index < -0.39 is 0 Å². The second kappa shape index (κ2) is 6.07. The van der Waals surface area contributed by atoms with Crippen molar-refractivity contribution in [3.63, 3.8) is 0 Å². The van der Waals surface area contributed by atoms with Crippen molar-refractivity contribution < 1.29 is 13.7 Å². The van der Waals surface area contributed by atoms with Crippen LogP contribution in [0.25, 0.3) is 22.4 Å². The van der Waals surface area contributed by atoms with Crippen LogP contribution in [0.5, 0.6) is 5.95 Å². The van der Waals surface area contributed by atoms with Crippen molar-refractivity contribution in [2.24, 2.45) is 13.0 Å². The van der Waals surface area contributed by atoms with Gasteiger partial charge in [-0.3, -0.25) is 0 Å². The highest BCUT2D eigenvalue weighted by molar-refractivity contribution is 5.78. The molecule has 3 aromatic rings. The topological polar surface area (TPSA) is 26.2 Å². The number of aryl methyl sites for hydroxylation is 2. The molecule has 3 nitrogen and oxygen atoms in total. The third-order valence-corrected chi connectivity index (χ3v) is 4.21. The van der Waals surface area contributed by atoms with Crippen molar-refractivity contribution >= 4 is 10.9 Å². The molecule has 0 radical (unpaired) electrons. The zero-order valence-corrected chi connectivity index (χ0v) is 14.5. The lowest BCUT2D eigenvalue weighted by Crippen LogP contribution is -2.32. The predicted octanol–water partition coefficient (Wildman–Crippen LogP) is 4.44. The predicted molar refractivity (Wildman–Crippen MR) is 92.7 cm³/mol. The van der Waals surface area contributed by atoms with Crippen LogP contribution in [0.2, 0.25) is 0 Å². The summed E-state index contributed by atoms with van der Waals surface area (Å²) in [6.45, 7) is 6.54. The molecule has 1 aromatic carbocycles. The number of methoxy groups -OCH3 is 1. The largest absolute Gasteiger partial charge is 0.468 e. The first-order valence-corrected chi connectivity index (χ1v) is 8.06. The minimum absolute atomic E-state index is 0.547. The number of ether oxygens (including phenoxy) is 1. The fraction of sp³-hybridized carbons (Fsp3) is 0.350. The Labute approximate surface area is 137 Å². The summed E-state index contributed by atoms with van der Waals surface area (Å²) in [6, 6.07) is 12.9. The summed E-state index contributed by atoms with van der Waals surface area (Å²) >= 11 is 0. The Morgan fingerprint density at radius 2 is 1.87 bits per heavy atom. The number of nitrogens with zero attached hydrogens (tertiary/aromatic N) is 1. The molecule has 0 aliphatic carbocycles. The summed E-state index contributed by atoms with van der Waals surface area (Å²) in [6.07, 6.45) is 1.09. The van der Waals surface area contributed by atoms with E-state index in [1.807, 2.05) is 13.0 Å². The van der Waals surface area contributed by atoms with Gasteiger partial charge in [0.2, 0.25) is 17.0 Å². The summed E-state index contributed by atoms with van der Waals surface area (Å²) < 4.78 is 13.2. The molecule has 2 heterocycles. The smallest absolute Gasteiger partial charge is 0.285 e. The number of hydrogen-bond donors (Lipinski definition) is 0. The van der Waals surface area contributed by atoms with Crippen LogP contribution in [0.1, 0.15) is 25.0 Å². The summed E-state index contributed by atoms with van der Waals surface area (Å²) in [5.41, 5.74) is 4.72. The number of aromatic nitrogens is 1. The first kappa shape index (κ1) is 15.6. The molecule has 0 amide bonds. The van der Waals surface area contributed by atoms with Crippen LogP contribution in [0, 0.1) is 12.8 Å². The zero-order valence-electron chi connectivity index (χ0n) is 14.5. The zero-order chi connectivity index (χ0) is 16.6. The van der Waals surface area contributed by atoms with E-state index in [2.05, 4.69) is 55.8 Å². The molecule has 0 N–H and O–H groups in total. The number of fused-ring (bicyclic) bond motifs is 1. The Bertz CT molecular complexity index is 846. The van der Waals surface area contributed by atoms with Gasteiger partial charge in [-0.1, -0.05) is 19.9 Å². The molecule has 0 bridgehead atoms. The first-order chi connectivity index (χ1) is 11.0. The molecular formula is C20H24NO2+. The van der Waals surface area contributed by atoms with Gasteiger partial charge in [-0.2, -0.15) is 4.57 Å². The summed E-state index contributed by atoms with van der Waals surface area (Å²) in [7, 11) is 3.71. The van der Waals surface area contributed by atoms with Crippen molar-refractivity contribution in [1.29, 1.82) is 0 Å². The van der Waals surface area contributed by atoms with Crippen molar-refractivity contribution in [2.75, 3.05) is 7.11 Å².